The van der Waals surface area contributed by atoms with E-state index in [9.17, 15) is 10.4 Å². The van der Waals surface area contributed by atoms with E-state index in [1.807, 2.05) is 0 Å². The molecular formula is C29H27N5O6S. The second-order valence-corrected chi connectivity index (χ2v) is 9.64. The standard InChI is InChI=1S/C29H27N5O6S/c1-16-23(33-28(40-16)21-11-20(37-3)9-10-24(21)38-4)15-41-29-22(12-30)25(26(32-2)27(31)34-29)17-5-7-19(8-6-17)39-14-18(36)13-35/h5-11,18,35-36H,13-15H2,1,3-4H3,(H2,31,34)/t18-/m1/s1. The van der Waals surface area contributed by atoms with Gasteiger partial charge < -0.3 is 34.6 Å². The maximum absolute atomic E-state index is 10.1. The first-order valence-electron chi connectivity index (χ1n) is 12.3. The van der Waals surface area contributed by atoms with Crippen LogP contribution in [0.25, 0.3) is 27.4 Å². The molecule has 0 aliphatic rings. The van der Waals surface area contributed by atoms with Crippen molar-refractivity contribution in [2.24, 2.45) is 0 Å². The largest absolute Gasteiger partial charge is 0.497 e. The lowest BCUT2D eigenvalue weighted by molar-refractivity contribution is 0.0536. The van der Waals surface area contributed by atoms with Crippen LogP contribution in [0, 0.1) is 24.8 Å². The fourth-order valence-electron chi connectivity index (χ4n) is 3.93. The molecule has 0 radical (unpaired) electrons. The summed E-state index contributed by atoms with van der Waals surface area (Å²) in [5, 5.41) is 29.0. The molecule has 1 atom stereocenters. The molecule has 4 N–H and O–H groups in total. The molecular weight excluding hydrogens is 546 g/mol. The predicted molar refractivity (Wildman–Crippen MR) is 153 cm³/mol. The molecule has 0 bridgehead atoms. The Balaban J connectivity index is 1.65. The van der Waals surface area contributed by atoms with Crippen molar-refractivity contribution in [2.75, 3.05) is 33.2 Å². The molecule has 11 nitrogen and oxygen atoms in total. The molecule has 0 aliphatic heterocycles. The number of hydrogen-bond donors (Lipinski definition) is 3. The van der Waals surface area contributed by atoms with Crippen LogP contribution >= 0.6 is 11.8 Å². The number of anilines is 1. The van der Waals surface area contributed by atoms with Gasteiger partial charge in [0, 0.05) is 11.3 Å². The third-order valence-electron chi connectivity index (χ3n) is 6.06. The number of oxazole rings is 1. The fourth-order valence-corrected chi connectivity index (χ4v) is 4.93. The second-order valence-electron chi connectivity index (χ2n) is 8.67. The van der Waals surface area contributed by atoms with Crippen molar-refractivity contribution in [3.05, 3.63) is 70.9 Å². The molecule has 2 aromatic carbocycles. The number of methoxy groups -OCH3 is 2. The Hall–Kier alpha value is -4.75. The molecule has 4 rings (SSSR count). The Morgan fingerprint density at radius 2 is 1.88 bits per heavy atom. The van der Waals surface area contributed by atoms with Gasteiger partial charge in [0.1, 0.15) is 52.6 Å². The molecule has 0 fully saturated rings. The smallest absolute Gasteiger partial charge is 0.236 e. The van der Waals surface area contributed by atoms with Crippen LogP contribution in [0.1, 0.15) is 17.0 Å². The van der Waals surface area contributed by atoms with Gasteiger partial charge in [-0.05, 0) is 42.8 Å². The zero-order valence-electron chi connectivity index (χ0n) is 22.5. The average Bonchev–Trinajstić information content (AvgIpc) is 3.38. The van der Waals surface area contributed by atoms with Crippen LogP contribution < -0.4 is 19.9 Å². The molecule has 0 amide bonds. The van der Waals surface area contributed by atoms with Gasteiger partial charge in [0.2, 0.25) is 11.6 Å². The number of aliphatic hydroxyl groups excluding tert-OH is 2. The van der Waals surface area contributed by atoms with Crippen LogP contribution in [-0.2, 0) is 5.75 Å². The van der Waals surface area contributed by atoms with Crippen molar-refractivity contribution in [1.82, 2.24) is 9.97 Å². The molecule has 0 spiro atoms. The monoisotopic (exact) mass is 573 g/mol. The molecule has 0 unspecified atom stereocenters. The number of pyridine rings is 1. The Morgan fingerprint density at radius 3 is 2.51 bits per heavy atom. The molecule has 0 aliphatic carbocycles. The number of aryl methyl sites for hydroxylation is 1. The maximum Gasteiger partial charge on any atom is 0.236 e. The van der Waals surface area contributed by atoms with Crippen molar-refractivity contribution in [3.8, 4) is 45.9 Å². The van der Waals surface area contributed by atoms with Crippen molar-refractivity contribution in [1.29, 1.82) is 5.26 Å². The third-order valence-corrected chi connectivity index (χ3v) is 7.05. The van der Waals surface area contributed by atoms with Gasteiger partial charge >= 0.3 is 0 Å². The Labute approximate surface area is 241 Å². The molecule has 0 saturated carbocycles. The molecule has 12 heteroatoms. The number of aromatic nitrogens is 2. The van der Waals surface area contributed by atoms with Crippen LogP contribution in [0.5, 0.6) is 17.2 Å². The van der Waals surface area contributed by atoms with Crippen LogP contribution in [-0.4, -0.2) is 53.7 Å². The summed E-state index contributed by atoms with van der Waals surface area (Å²) in [7, 11) is 3.13. The summed E-state index contributed by atoms with van der Waals surface area (Å²) in [6.45, 7) is 8.97. The number of nitrogens with zero attached hydrogens (tertiary/aromatic N) is 4. The number of hydrogen-bond acceptors (Lipinski definition) is 11. The highest BCUT2D eigenvalue weighted by molar-refractivity contribution is 7.98. The summed E-state index contributed by atoms with van der Waals surface area (Å²) in [5.41, 5.74) is 8.65. The third kappa shape index (κ3) is 6.36. The van der Waals surface area contributed by atoms with E-state index in [0.29, 0.717) is 62.1 Å². The quantitative estimate of drug-likeness (QED) is 0.168. The molecule has 4 aromatic rings. The Kier molecular flexibility index (Phi) is 9.32. The minimum Gasteiger partial charge on any atom is -0.497 e. The highest BCUT2D eigenvalue weighted by atomic mass is 32.2. The number of benzene rings is 2. The zero-order chi connectivity index (χ0) is 29.5. The zero-order valence-corrected chi connectivity index (χ0v) is 23.4. The number of nitrogen functional groups attached to an aromatic ring is 1. The van der Waals surface area contributed by atoms with E-state index in [4.69, 9.17) is 36.0 Å². The van der Waals surface area contributed by atoms with Gasteiger partial charge in [-0.15, -0.1) is 0 Å². The topological polar surface area (TPSA) is 161 Å². The van der Waals surface area contributed by atoms with E-state index >= 15 is 0 Å². The van der Waals surface area contributed by atoms with Gasteiger partial charge in [0.05, 0.1) is 44.2 Å². The number of nitriles is 1. The van der Waals surface area contributed by atoms with Crippen molar-refractivity contribution < 1.29 is 28.8 Å². The lowest BCUT2D eigenvalue weighted by Gasteiger charge is -2.14. The van der Waals surface area contributed by atoms with E-state index in [-0.39, 0.29) is 23.7 Å². The van der Waals surface area contributed by atoms with Gasteiger partial charge in [-0.25, -0.2) is 14.8 Å². The number of thioether (sulfide) groups is 1. The minimum atomic E-state index is -1.00. The van der Waals surface area contributed by atoms with Crippen LogP contribution in [0.15, 0.2) is 51.9 Å². The molecule has 210 valence electrons. The first kappa shape index (κ1) is 29.2. The van der Waals surface area contributed by atoms with Gasteiger partial charge in [-0.3, -0.25) is 0 Å². The number of ether oxygens (including phenoxy) is 3. The van der Waals surface area contributed by atoms with Crippen molar-refractivity contribution in [2.45, 2.75) is 23.8 Å². The summed E-state index contributed by atoms with van der Waals surface area (Å²) in [4.78, 5) is 12.6. The molecule has 41 heavy (non-hydrogen) atoms. The molecule has 2 aromatic heterocycles. The average molecular weight is 574 g/mol. The van der Waals surface area contributed by atoms with Gasteiger partial charge in [0.15, 0.2) is 0 Å². The normalized spacial score (nSPS) is 11.4. The van der Waals surface area contributed by atoms with E-state index < -0.39 is 12.7 Å². The Morgan fingerprint density at radius 1 is 1.15 bits per heavy atom. The lowest BCUT2D eigenvalue weighted by atomic mass is 10.00. The van der Waals surface area contributed by atoms with Crippen molar-refractivity contribution in [3.63, 3.8) is 0 Å². The van der Waals surface area contributed by atoms with Crippen molar-refractivity contribution >= 4 is 23.3 Å². The van der Waals surface area contributed by atoms with E-state index in [2.05, 4.69) is 20.9 Å². The van der Waals surface area contributed by atoms with Crippen LogP contribution in [0.2, 0.25) is 0 Å². The highest BCUT2D eigenvalue weighted by Gasteiger charge is 2.22. The van der Waals surface area contributed by atoms with Crippen LogP contribution in [0.3, 0.4) is 0 Å². The van der Waals surface area contributed by atoms with Crippen LogP contribution in [0.4, 0.5) is 11.5 Å². The summed E-state index contributed by atoms with van der Waals surface area (Å²) in [6.07, 6.45) is -1.00. The summed E-state index contributed by atoms with van der Waals surface area (Å²) < 4.78 is 22.2. The first-order chi connectivity index (χ1) is 19.8. The fraction of sp³-hybridized carbons (Fsp3) is 0.241. The number of nitrogens with two attached hydrogens (primary N) is 1. The Bertz CT molecular complexity index is 1620. The number of rotatable bonds is 11. The lowest BCUT2D eigenvalue weighted by Crippen LogP contribution is -2.21. The van der Waals surface area contributed by atoms with E-state index in [0.717, 1.165) is 0 Å². The second kappa shape index (κ2) is 13.1. The van der Waals surface area contributed by atoms with Gasteiger partial charge in [0.25, 0.3) is 0 Å². The van der Waals surface area contributed by atoms with Gasteiger partial charge in [-0.1, -0.05) is 23.9 Å². The SMILES string of the molecule is [C-]#[N+]c1c(N)nc(SCc2nc(-c3cc(OC)ccc3OC)oc2C)c(C#N)c1-c1ccc(OC[C@H](O)CO)cc1. The highest BCUT2D eigenvalue weighted by Crippen LogP contribution is 2.42. The molecule has 0 saturated heterocycles. The predicted octanol–water partition coefficient (Wildman–Crippen LogP) is 4.76. The summed E-state index contributed by atoms with van der Waals surface area (Å²) >= 11 is 1.25. The summed E-state index contributed by atoms with van der Waals surface area (Å²) in [5.74, 6) is 2.92. The van der Waals surface area contributed by atoms with E-state index in [1.54, 1.807) is 63.6 Å². The molecule has 2 heterocycles. The maximum atomic E-state index is 10.1. The number of aliphatic hydroxyl groups is 2. The minimum absolute atomic E-state index is 0.00146. The van der Waals surface area contributed by atoms with E-state index in [1.165, 1.54) is 11.8 Å². The first-order valence-corrected chi connectivity index (χ1v) is 13.3. The summed E-state index contributed by atoms with van der Waals surface area (Å²) in [6, 6.07) is 14.2. The van der Waals surface area contributed by atoms with Gasteiger partial charge in [-0.2, -0.15) is 5.26 Å².